The zero-order valence-electron chi connectivity index (χ0n) is 16.2. The average molecular weight is 392 g/mol. The highest BCUT2D eigenvalue weighted by Crippen LogP contribution is 2.29. The lowest BCUT2D eigenvalue weighted by Crippen LogP contribution is -2.16. The number of para-hydroxylation sites is 2. The van der Waals surface area contributed by atoms with Gasteiger partial charge in [0, 0.05) is 0 Å². The van der Waals surface area contributed by atoms with Crippen LogP contribution in [-0.4, -0.2) is 26.6 Å². The van der Waals surface area contributed by atoms with Gasteiger partial charge in [-0.2, -0.15) is 0 Å². The maximum absolute atomic E-state index is 13.3. The Morgan fingerprint density at radius 3 is 2.45 bits per heavy atom. The van der Waals surface area contributed by atoms with E-state index in [4.69, 9.17) is 15.5 Å². The third-order valence-corrected chi connectivity index (χ3v) is 4.93. The summed E-state index contributed by atoms with van der Waals surface area (Å²) in [5.74, 6) is -0.611. The van der Waals surface area contributed by atoms with Crippen LogP contribution in [0.15, 0.2) is 48.5 Å². The Labute approximate surface area is 167 Å². The van der Waals surface area contributed by atoms with Gasteiger partial charge in [-0.15, -0.1) is 0 Å². The minimum absolute atomic E-state index is 0.209. The average Bonchev–Trinajstić information content (AvgIpc) is 2.98. The number of nitrogen functional groups attached to an aromatic ring is 1. The van der Waals surface area contributed by atoms with E-state index in [-0.39, 0.29) is 23.3 Å². The summed E-state index contributed by atoms with van der Waals surface area (Å²) < 4.78 is 20.5. The molecule has 2 N–H and O–H groups in total. The lowest BCUT2D eigenvalue weighted by Gasteiger charge is -2.11. The zero-order valence-corrected chi connectivity index (χ0v) is 16.2. The normalized spacial score (nSPS) is 12.4. The van der Waals surface area contributed by atoms with Gasteiger partial charge < -0.3 is 15.0 Å². The Kier molecular flexibility index (Phi) is 4.88. The molecule has 0 radical (unpaired) electrons. The van der Waals surface area contributed by atoms with Crippen LogP contribution >= 0.6 is 0 Å². The first-order chi connectivity index (χ1) is 14.0. The number of ether oxygens (including phenoxy) is 1. The number of hydrogen-bond acceptors (Lipinski definition) is 5. The molecule has 1 atom stereocenters. The van der Waals surface area contributed by atoms with Crippen LogP contribution in [0, 0.1) is 5.82 Å². The Balaban J connectivity index is 1.91. The van der Waals surface area contributed by atoms with Gasteiger partial charge in [-0.1, -0.05) is 31.2 Å². The second-order valence-corrected chi connectivity index (χ2v) is 6.98. The highest BCUT2D eigenvalue weighted by Gasteiger charge is 2.26. The molecule has 4 rings (SSSR count). The maximum atomic E-state index is 13.3. The van der Waals surface area contributed by atoms with Crippen LogP contribution in [0.1, 0.15) is 36.2 Å². The van der Waals surface area contributed by atoms with Gasteiger partial charge in [0.25, 0.3) is 0 Å². The van der Waals surface area contributed by atoms with E-state index >= 15 is 0 Å². The third kappa shape index (κ3) is 3.51. The second-order valence-electron chi connectivity index (χ2n) is 6.98. The van der Waals surface area contributed by atoms with Crippen LogP contribution in [0.5, 0.6) is 0 Å². The van der Waals surface area contributed by atoms with E-state index in [1.807, 2.05) is 38.1 Å². The summed E-state index contributed by atoms with van der Waals surface area (Å²) in [6.07, 6.45) is 0.444. The molecule has 0 amide bonds. The summed E-state index contributed by atoms with van der Waals surface area (Å²) in [5.41, 5.74) is 9.66. The van der Waals surface area contributed by atoms with Crippen molar-refractivity contribution in [3.8, 4) is 0 Å². The molecule has 2 aromatic carbocycles. The molecule has 7 heteroatoms. The first kappa shape index (κ1) is 18.9. The van der Waals surface area contributed by atoms with E-state index in [9.17, 15) is 9.18 Å². The molecule has 6 nitrogen and oxygen atoms in total. The summed E-state index contributed by atoms with van der Waals surface area (Å²) in [6, 6.07) is 13.5. The SMILES string of the molecule is CC[C@@H](C)OC(=O)c1c(N)n(Cc2ccc(F)cc2)c2nc3ccccc3nc12. The topological polar surface area (TPSA) is 83.0 Å². The second kappa shape index (κ2) is 7.50. The predicted octanol–water partition coefficient (Wildman–Crippen LogP) is 4.31. The van der Waals surface area contributed by atoms with Crippen molar-refractivity contribution in [2.45, 2.75) is 32.9 Å². The van der Waals surface area contributed by atoms with Crippen molar-refractivity contribution in [2.24, 2.45) is 0 Å². The summed E-state index contributed by atoms with van der Waals surface area (Å²) >= 11 is 0. The summed E-state index contributed by atoms with van der Waals surface area (Å²) in [7, 11) is 0. The zero-order chi connectivity index (χ0) is 20.5. The molecule has 0 spiro atoms. The van der Waals surface area contributed by atoms with Gasteiger partial charge in [0.1, 0.15) is 22.7 Å². The Morgan fingerprint density at radius 1 is 1.14 bits per heavy atom. The number of anilines is 1. The molecule has 0 fully saturated rings. The third-order valence-electron chi connectivity index (χ3n) is 4.93. The van der Waals surface area contributed by atoms with Crippen LogP contribution < -0.4 is 5.73 Å². The smallest absolute Gasteiger partial charge is 0.344 e. The summed E-state index contributed by atoms with van der Waals surface area (Å²) in [4.78, 5) is 22.2. The number of benzene rings is 2. The molecule has 0 aliphatic heterocycles. The largest absolute Gasteiger partial charge is 0.459 e. The van der Waals surface area contributed by atoms with Crippen molar-refractivity contribution >= 4 is 34.0 Å². The number of esters is 1. The first-order valence-corrected chi connectivity index (χ1v) is 9.47. The van der Waals surface area contributed by atoms with Gasteiger partial charge >= 0.3 is 5.97 Å². The Morgan fingerprint density at radius 2 is 1.79 bits per heavy atom. The highest BCUT2D eigenvalue weighted by molar-refractivity contribution is 6.08. The molecule has 0 bridgehead atoms. The minimum atomic E-state index is -0.524. The lowest BCUT2D eigenvalue weighted by atomic mass is 10.2. The summed E-state index contributed by atoms with van der Waals surface area (Å²) in [6.45, 7) is 4.09. The fraction of sp³-hybridized carbons (Fsp3) is 0.227. The number of aromatic nitrogens is 3. The summed E-state index contributed by atoms with van der Waals surface area (Å²) in [5, 5.41) is 0. The van der Waals surface area contributed by atoms with Crippen molar-refractivity contribution in [2.75, 3.05) is 5.73 Å². The number of carbonyl (C=O) groups is 1. The van der Waals surface area contributed by atoms with E-state index in [0.717, 1.165) is 5.56 Å². The number of fused-ring (bicyclic) bond motifs is 2. The maximum Gasteiger partial charge on any atom is 0.344 e. The number of hydrogen-bond donors (Lipinski definition) is 1. The molecule has 0 saturated heterocycles. The van der Waals surface area contributed by atoms with Crippen LogP contribution in [-0.2, 0) is 11.3 Å². The molecular formula is C22H21FN4O2. The molecule has 0 aliphatic rings. The number of carbonyl (C=O) groups excluding carboxylic acids is 1. The fourth-order valence-electron chi connectivity index (χ4n) is 3.18. The molecule has 0 aliphatic carbocycles. The standard InChI is InChI=1S/C22H21FN4O2/c1-3-13(2)29-22(28)18-19-21(26-17-7-5-4-6-16(17)25-19)27(20(18)24)12-14-8-10-15(23)11-9-14/h4-11,13H,3,12,24H2,1-2H3/t13-/m1/s1. The predicted molar refractivity (Wildman–Crippen MR) is 110 cm³/mol. The molecular weight excluding hydrogens is 371 g/mol. The quantitative estimate of drug-likeness (QED) is 0.512. The van der Waals surface area contributed by atoms with Crippen LogP contribution in [0.25, 0.3) is 22.2 Å². The molecule has 0 unspecified atom stereocenters. The van der Waals surface area contributed by atoms with Crippen LogP contribution in [0.2, 0.25) is 0 Å². The Bertz CT molecular complexity index is 1200. The van der Waals surface area contributed by atoms with E-state index in [2.05, 4.69) is 4.98 Å². The molecule has 0 saturated carbocycles. The van der Waals surface area contributed by atoms with Crippen molar-refractivity contribution in [3.05, 3.63) is 65.5 Å². The molecule has 2 aromatic heterocycles. The fourth-order valence-corrected chi connectivity index (χ4v) is 3.18. The van der Waals surface area contributed by atoms with Gasteiger partial charge in [-0.05, 0) is 43.2 Å². The van der Waals surface area contributed by atoms with Gasteiger partial charge in [0.15, 0.2) is 5.65 Å². The van der Waals surface area contributed by atoms with E-state index in [1.165, 1.54) is 12.1 Å². The monoisotopic (exact) mass is 392 g/mol. The molecule has 2 heterocycles. The minimum Gasteiger partial charge on any atom is -0.459 e. The number of rotatable bonds is 5. The van der Waals surface area contributed by atoms with Crippen molar-refractivity contribution in [1.82, 2.24) is 14.5 Å². The number of halogens is 1. The molecule has 148 valence electrons. The van der Waals surface area contributed by atoms with Crippen molar-refractivity contribution in [3.63, 3.8) is 0 Å². The van der Waals surface area contributed by atoms with Crippen LogP contribution in [0.4, 0.5) is 10.2 Å². The lowest BCUT2D eigenvalue weighted by molar-refractivity contribution is 0.0338. The Hall–Kier alpha value is -3.48. The highest BCUT2D eigenvalue weighted by atomic mass is 19.1. The van der Waals surface area contributed by atoms with Crippen molar-refractivity contribution < 1.29 is 13.9 Å². The van der Waals surface area contributed by atoms with Gasteiger partial charge in [-0.3, -0.25) is 0 Å². The van der Waals surface area contributed by atoms with E-state index in [0.29, 0.717) is 35.2 Å². The molecule has 4 aromatic rings. The molecule has 29 heavy (non-hydrogen) atoms. The van der Waals surface area contributed by atoms with Crippen LogP contribution in [0.3, 0.4) is 0 Å². The van der Waals surface area contributed by atoms with Crippen molar-refractivity contribution in [1.29, 1.82) is 0 Å². The van der Waals surface area contributed by atoms with Gasteiger partial charge in [-0.25, -0.2) is 19.2 Å². The van der Waals surface area contributed by atoms with E-state index < -0.39 is 5.97 Å². The van der Waals surface area contributed by atoms with E-state index in [1.54, 1.807) is 16.7 Å². The van der Waals surface area contributed by atoms with Gasteiger partial charge in [0.05, 0.1) is 23.7 Å². The number of nitrogens with two attached hydrogens (primary N) is 1. The van der Waals surface area contributed by atoms with Gasteiger partial charge in [0.2, 0.25) is 0 Å². The first-order valence-electron chi connectivity index (χ1n) is 9.47. The number of nitrogens with zero attached hydrogens (tertiary/aromatic N) is 3.